The van der Waals surface area contributed by atoms with Crippen LogP contribution in [0.5, 0.6) is 0 Å². The van der Waals surface area contributed by atoms with Crippen molar-refractivity contribution in [1.29, 1.82) is 0 Å². The fourth-order valence-electron chi connectivity index (χ4n) is 3.53. The van der Waals surface area contributed by atoms with Crippen LogP contribution in [0, 0.1) is 5.92 Å². The van der Waals surface area contributed by atoms with E-state index in [9.17, 15) is 14.7 Å². The Labute approximate surface area is 153 Å². The van der Waals surface area contributed by atoms with Gasteiger partial charge in [-0.15, -0.1) is 0 Å². The number of carbonyl (C=O) groups is 2. The molecule has 26 heavy (non-hydrogen) atoms. The second-order valence-corrected chi connectivity index (χ2v) is 6.94. The minimum atomic E-state index is -0.639. The fraction of sp³-hybridized carbons (Fsp3) is 0.526. The largest absolute Gasteiger partial charge is 0.396 e. The van der Waals surface area contributed by atoms with E-state index in [2.05, 4.69) is 15.7 Å². The Balaban J connectivity index is 1.74. The number of amides is 2. The predicted octanol–water partition coefficient (Wildman–Crippen LogP) is 1.38. The van der Waals surface area contributed by atoms with Crippen LogP contribution >= 0.6 is 0 Å². The number of aliphatic hydroxyl groups excluding tert-OH is 1. The number of benzene rings is 1. The Bertz CT molecular complexity index is 677. The lowest BCUT2D eigenvalue weighted by atomic mass is 9.95. The highest BCUT2D eigenvalue weighted by molar-refractivity contribution is 6.39. The van der Waals surface area contributed by atoms with Gasteiger partial charge in [0.25, 0.3) is 11.8 Å². The van der Waals surface area contributed by atoms with Gasteiger partial charge in [0, 0.05) is 18.6 Å². The Kier molecular flexibility index (Phi) is 5.88. The second kappa shape index (κ2) is 8.31. The van der Waals surface area contributed by atoms with Crippen molar-refractivity contribution in [1.82, 2.24) is 10.7 Å². The third kappa shape index (κ3) is 4.04. The normalized spacial score (nSPS) is 26.5. The van der Waals surface area contributed by atoms with Crippen LogP contribution in [0.1, 0.15) is 39.0 Å². The lowest BCUT2D eigenvalue weighted by Crippen LogP contribution is -2.59. The minimum absolute atomic E-state index is 0.0647. The number of nitrogens with zero attached hydrogens (tertiary/aromatic N) is 2. The second-order valence-electron chi connectivity index (χ2n) is 6.94. The topological polar surface area (TPSA) is 94.0 Å². The van der Waals surface area contributed by atoms with Gasteiger partial charge in [0.05, 0.1) is 5.69 Å². The van der Waals surface area contributed by atoms with Gasteiger partial charge in [-0.1, -0.05) is 37.5 Å². The molecule has 140 valence electrons. The summed E-state index contributed by atoms with van der Waals surface area (Å²) in [6, 6.07) is 8.41. The van der Waals surface area contributed by atoms with Gasteiger partial charge < -0.3 is 10.4 Å². The summed E-state index contributed by atoms with van der Waals surface area (Å²) in [6.07, 6.45) is 4.99. The number of anilines is 1. The maximum absolute atomic E-state index is 12.7. The first-order valence-electron chi connectivity index (χ1n) is 9.25. The van der Waals surface area contributed by atoms with Crippen molar-refractivity contribution in [2.24, 2.45) is 10.9 Å². The Hall–Kier alpha value is -2.41. The summed E-state index contributed by atoms with van der Waals surface area (Å²) >= 11 is 0. The molecule has 3 atom stereocenters. The molecule has 2 aliphatic rings. The van der Waals surface area contributed by atoms with Crippen LogP contribution in [-0.4, -0.2) is 41.4 Å². The molecule has 1 aromatic rings. The number of para-hydroxylation sites is 1. The molecule has 1 aliphatic heterocycles. The highest BCUT2D eigenvalue weighted by Gasteiger charge is 2.32. The molecule has 3 N–H and O–H groups in total. The van der Waals surface area contributed by atoms with Crippen molar-refractivity contribution in [3.8, 4) is 0 Å². The third-order valence-electron chi connectivity index (χ3n) is 5.06. The summed E-state index contributed by atoms with van der Waals surface area (Å²) in [5.41, 5.74) is 3.51. The monoisotopic (exact) mass is 358 g/mol. The van der Waals surface area contributed by atoms with Crippen LogP contribution in [-0.2, 0) is 9.59 Å². The SMILES string of the molecule is C[C@@H]1N=C(C(=O)N[C@@H]2CCCCC[C@H]2CO)NN(c2ccccc2)C1=O. The predicted molar refractivity (Wildman–Crippen MR) is 99.6 cm³/mol. The number of rotatable bonds is 4. The zero-order chi connectivity index (χ0) is 18.5. The molecule has 1 aliphatic carbocycles. The zero-order valence-corrected chi connectivity index (χ0v) is 15.0. The van der Waals surface area contributed by atoms with Gasteiger partial charge in [0.2, 0.25) is 5.84 Å². The summed E-state index contributed by atoms with van der Waals surface area (Å²) in [5, 5.41) is 14.0. The van der Waals surface area contributed by atoms with E-state index in [1.165, 1.54) is 5.01 Å². The molecule has 0 bridgehead atoms. The van der Waals surface area contributed by atoms with Crippen molar-refractivity contribution in [2.75, 3.05) is 11.6 Å². The number of hydrogen-bond acceptors (Lipinski definition) is 5. The standard InChI is InChI=1S/C19H26N4O3/c1-13-19(26)23(15-9-5-3-6-10-15)22-17(20-13)18(25)21-16-11-7-2-4-8-14(16)12-24/h3,5-6,9-10,13-14,16,24H,2,4,7-8,11-12H2,1H3,(H,20,22)(H,21,25)/t13-,14-,16+/m0/s1. The first-order valence-corrected chi connectivity index (χ1v) is 9.25. The molecular formula is C19H26N4O3. The Morgan fingerprint density at radius 3 is 2.73 bits per heavy atom. The molecule has 0 aromatic heterocycles. The number of aliphatic hydroxyl groups is 1. The summed E-state index contributed by atoms with van der Waals surface area (Å²) < 4.78 is 0. The number of amidine groups is 1. The van der Waals surface area contributed by atoms with Crippen LogP contribution in [0.3, 0.4) is 0 Å². The molecule has 0 saturated heterocycles. The number of carbonyl (C=O) groups excluding carboxylic acids is 2. The molecular weight excluding hydrogens is 332 g/mol. The summed E-state index contributed by atoms with van der Waals surface area (Å²) in [6.45, 7) is 1.74. The third-order valence-corrected chi connectivity index (χ3v) is 5.06. The van der Waals surface area contributed by atoms with Gasteiger partial charge in [0.15, 0.2) is 0 Å². The number of hydrogen-bond donors (Lipinski definition) is 3. The van der Waals surface area contributed by atoms with Gasteiger partial charge >= 0.3 is 0 Å². The zero-order valence-electron chi connectivity index (χ0n) is 15.0. The van der Waals surface area contributed by atoms with Gasteiger partial charge in [-0.05, 0) is 31.9 Å². The first kappa shape index (κ1) is 18.4. The van der Waals surface area contributed by atoms with Crippen LogP contribution in [0.2, 0.25) is 0 Å². The highest BCUT2D eigenvalue weighted by atomic mass is 16.3. The molecule has 0 radical (unpaired) electrons. The molecule has 0 spiro atoms. The maximum Gasteiger partial charge on any atom is 0.288 e. The summed E-state index contributed by atoms with van der Waals surface area (Å²) in [7, 11) is 0. The van der Waals surface area contributed by atoms with E-state index < -0.39 is 6.04 Å². The molecule has 7 heteroatoms. The van der Waals surface area contributed by atoms with Gasteiger partial charge in [-0.2, -0.15) is 0 Å². The smallest absolute Gasteiger partial charge is 0.288 e. The van der Waals surface area contributed by atoms with Crippen molar-refractivity contribution >= 4 is 23.3 Å². The number of aliphatic imine (C=N–C) groups is 1. The van der Waals surface area contributed by atoms with E-state index in [0.717, 1.165) is 32.1 Å². The fourth-order valence-corrected chi connectivity index (χ4v) is 3.53. The van der Waals surface area contributed by atoms with E-state index in [4.69, 9.17) is 0 Å². The van der Waals surface area contributed by atoms with Crippen LogP contribution in [0.25, 0.3) is 0 Å². The van der Waals surface area contributed by atoms with Crippen LogP contribution in [0.4, 0.5) is 5.69 Å². The molecule has 7 nitrogen and oxygen atoms in total. The average molecular weight is 358 g/mol. The Morgan fingerprint density at radius 1 is 1.27 bits per heavy atom. The van der Waals surface area contributed by atoms with Gasteiger partial charge in [-0.25, -0.2) is 10.0 Å². The average Bonchev–Trinajstić information content (AvgIpc) is 2.89. The summed E-state index contributed by atoms with van der Waals surface area (Å²) in [5.74, 6) is -0.358. The molecule has 1 aromatic carbocycles. The lowest BCUT2D eigenvalue weighted by molar-refractivity contribution is -0.120. The molecule has 0 unspecified atom stereocenters. The first-order chi connectivity index (χ1) is 12.6. The molecule has 1 saturated carbocycles. The number of nitrogens with one attached hydrogen (secondary N) is 2. The van der Waals surface area contributed by atoms with E-state index in [0.29, 0.717) is 5.69 Å². The van der Waals surface area contributed by atoms with Crippen molar-refractivity contribution in [3.05, 3.63) is 30.3 Å². The van der Waals surface area contributed by atoms with E-state index in [-0.39, 0.29) is 36.2 Å². The van der Waals surface area contributed by atoms with E-state index >= 15 is 0 Å². The highest BCUT2D eigenvalue weighted by Crippen LogP contribution is 2.23. The number of hydrazine groups is 1. The van der Waals surface area contributed by atoms with Crippen molar-refractivity contribution < 1.29 is 14.7 Å². The van der Waals surface area contributed by atoms with Crippen LogP contribution in [0.15, 0.2) is 35.3 Å². The molecule has 2 amide bonds. The van der Waals surface area contributed by atoms with Crippen molar-refractivity contribution in [3.63, 3.8) is 0 Å². The van der Waals surface area contributed by atoms with E-state index in [1.807, 2.05) is 18.2 Å². The van der Waals surface area contributed by atoms with Gasteiger partial charge in [-0.3, -0.25) is 15.0 Å². The quantitative estimate of drug-likeness (QED) is 0.709. The van der Waals surface area contributed by atoms with Gasteiger partial charge in [0.1, 0.15) is 6.04 Å². The minimum Gasteiger partial charge on any atom is -0.396 e. The lowest BCUT2D eigenvalue weighted by Gasteiger charge is -2.31. The van der Waals surface area contributed by atoms with Crippen LogP contribution < -0.4 is 15.8 Å². The van der Waals surface area contributed by atoms with E-state index in [1.54, 1.807) is 19.1 Å². The van der Waals surface area contributed by atoms with Crippen molar-refractivity contribution in [2.45, 2.75) is 51.1 Å². The molecule has 3 rings (SSSR count). The molecule has 1 fully saturated rings. The molecule has 1 heterocycles. The Morgan fingerprint density at radius 2 is 2.00 bits per heavy atom. The summed E-state index contributed by atoms with van der Waals surface area (Å²) in [4.78, 5) is 29.4. The maximum atomic E-state index is 12.7.